The zero-order valence-corrected chi connectivity index (χ0v) is 16.6. The van der Waals surface area contributed by atoms with Crippen LogP contribution in [0.4, 0.5) is 11.5 Å². The summed E-state index contributed by atoms with van der Waals surface area (Å²) in [5.74, 6) is 1.02. The number of hydrogen-bond acceptors (Lipinski definition) is 5. The molecule has 0 aromatic carbocycles. The van der Waals surface area contributed by atoms with Gasteiger partial charge in [-0.2, -0.15) is 5.10 Å². The monoisotopic (exact) mass is 375 g/mol. The van der Waals surface area contributed by atoms with Crippen LogP contribution in [0.1, 0.15) is 26.5 Å². The molecule has 0 radical (unpaired) electrons. The molecule has 4 aromatic heterocycles. The van der Waals surface area contributed by atoms with Crippen LogP contribution < -0.4 is 9.80 Å². The van der Waals surface area contributed by atoms with Crippen molar-refractivity contribution >= 4 is 22.8 Å². The number of nitrogens with zero attached hydrogens (tertiary/aromatic N) is 7. The van der Waals surface area contributed by atoms with E-state index in [1.54, 1.807) is 10.7 Å². The first-order valence-corrected chi connectivity index (χ1v) is 9.77. The lowest BCUT2D eigenvalue weighted by Crippen LogP contribution is -2.46. The zero-order chi connectivity index (χ0) is 19.3. The van der Waals surface area contributed by atoms with Gasteiger partial charge in [0.15, 0.2) is 5.65 Å². The highest BCUT2D eigenvalue weighted by Crippen LogP contribution is 2.24. The molecule has 0 spiro atoms. The Labute approximate surface area is 164 Å². The van der Waals surface area contributed by atoms with Crippen LogP contribution in [0.2, 0.25) is 0 Å². The van der Waals surface area contributed by atoms with Crippen molar-refractivity contribution in [1.82, 2.24) is 24.0 Å². The van der Waals surface area contributed by atoms with Gasteiger partial charge in [-0.05, 0) is 18.2 Å². The van der Waals surface area contributed by atoms with Gasteiger partial charge in [0, 0.05) is 56.3 Å². The minimum atomic E-state index is 0.0570. The Morgan fingerprint density at radius 3 is 2.39 bits per heavy atom. The highest BCUT2D eigenvalue weighted by Gasteiger charge is 2.21. The number of piperazine rings is 1. The quantitative estimate of drug-likeness (QED) is 0.539. The van der Waals surface area contributed by atoms with Crippen LogP contribution in [-0.2, 0) is 5.41 Å². The Hall–Kier alpha value is -3.09. The van der Waals surface area contributed by atoms with Crippen LogP contribution in [0.15, 0.2) is 49.1 Å². The van der Waals surface area contributed by atoms with Crippen molar-refractivity contribution < 1.29 is 0 Å². The fraction of sp³-hybridized carbons (Fsp3) is 0.381. The molecule has 1 fully saturated rings. The molecule has 0 amide bonds. The molecule has 7 nitrogen and oxygen atoms in total. The largest absolute Gasteiger partial charge is 0.367 e. The van der Waals surface area contributed by atoms with Crippen LogP contribution in [0.3, 0.4) is 0 Å². The molecule has 0 atom stereocenters. The molecule has 0 unspecified atom stereocenters. The van der Waals surface area contributed by atoms with Crippen LogP contribution in [0.25, 0.3) is 11.3 Å². The second-order valence-electron chi connectivity index (χ2n) is 8.42. The maximum Gasteiger partial charge on any atom is 0.157 e. The summed E-state index contributed by atoms with van der Waals surface area (Å²) in [7, 11) is 0. The molecule has 4 aromatic rings. The number of pyridine rings is 1. The van der Waals surface area contributed by atoms with Gasteiger partial charge in [-0.1, -0.05) is 20.8 Å². The lowest BCUT2D eigenvalue weighted by atomic mass is 9.93. The normalized spacial score (nSPS) is 15.7. The van der Waals surface area contributed by atoms with Crippen LogP contribution in [0.5, 0.6) is 0 Å². The van der Waals surface area contributed by atoms with E-state index < -0.39 is 0 Å². The van der Waals surface area contributed by atoms with Crippen molar-refractivity contribution in [2.24, 2.45) is 0 Å². The van der Waals surface area contributed by atoms with Gasteiger partial charge in [-0.25, -0.2) is 14.5 Å². The Morgan fingerprint density at radius 2 is 1.61 bits per heavy atom. The maximum absolute atomic E-state index is 4.76. The van der Waals surface area contributed by atoms with Crippen LogP contribution in [0, 0.1) is 0 Å². The van der Waals surface area contributed by atoms with Crippen molar-refractivity contribution in [2.75, 3.05) is 36.0 Å². The molecular formula is C21H25N7. The molecule has 0 bridgehead atoms. The van der Waals surface area contributed by atoms with E-state index in [0.29, 0.717) is 0 Å². The van der Waals surface area contributed by atoms with Gasteiger partial charge < -0.3 is 14.2 Å². The summed E-state index contributed by atoms with van der Waals surface area (Å²) in [6.07, 6.45) is 8.11. The number of hydrogen-bond donors (Lipinski definition) is 0. The Morgan fingerprint density at radius 1 is 0.821 bits per heavy atom. The van der Waals surface area contributed by atoms with Gasteiger partial charge in [0.1, 0.15) is 11.5 Å². The first-order chi connectivity index (χ1) is 13.5. The van der Waals surface area contributed by atoms with E-state index in [-0.39, 0.29) is 5.41 Å². The average molecular weight is 375 g/mol. The third kappa shape index (κ3) is 2.96. The van der Waals surface area contributed by atoms with Crippen molar-refractivity contribution in [2.45, 2.75) is 26.2 Å². The van der Waals surface area contributed by atoms with E-state index in [0.717, 1.165) is 49.0 Å². The predicted molar refractivity (Wildman–Crippen MR) is 111 cm³/mol. The summed E-state index contributed by atoms with van der Waals surface area (Å²) in [4.78, 5) is 14.3. The molecule has 0 N–H and O–H groups in total. The van der Waals surface area contributed by atoms with E-state index in [1.165, 1.54) is 5.69 Å². The van der Waals surface area contributed by atoms with Crippen molar-refractivity contribution in [3.63, 3.8) is 0 Å². The van der Waals surface area contributed by atoms with Gasteiger partial charge in [0.2, 0.25) is 0 Å². The first-order valence-electron chi connectivity index (χ1n) is 9.77. The summed E-state index contributed by atoms with van der Waals surface area (Å²) < 4.78 is 3.95. The number of anilines is 2. The Balaban J connectivity index is 1.33. The zero-order valence-electron chi connectivity index (χ0n) is 16.6. The van der Waals surface area contributed by atoms with Gasteiger partial charge in [-0.15, -0.1) is 0 Å². The lowest BCUT2D eigenvalue weighted by Gasteiger charge is -2.36. The third-order valence-electron chi connectivity index (χ3n) is 5.42. The maximum atomic E-state index is 4.76. The number of rotatable bonds is 2. The fourth-order valence-corrected chi connectivity index (χ4v) is 3.70. The van der Waals surface area contributed by atoms with Crippen LogP contribution >= 0.6 is 0 Å². The average Bonchev–Trinajstić information content (AvgIpc) is 3.33. The van der Waals surface area contributed by atoms with Crippen molar-refractivity contribution in [1.29, 1.82) is 0 Å². The fourth-order valence-electron chi connectivity index (χ4n) is 3.70. The van der Waals surface area contributed by atoms with E-state index in [9.17, 15) is 0 Å². The van der Waals surface area contributed by atoms with E-state index in [1.807, 2.05) is 18.3 Å². The SMILES string of the molecule is CC(C)(C)c1cn2cc(N3CCN(c4ccn5nccc5n4)CC3)ccc2n1. The molecule has 28 heavy (non-hydrogen) atoms. The summed E-state index contributed by atoms with van der Waals surface area (Å²) >= 11 is 0. The van der Waals surface area contributed by atoms with Gasteiger partial charge >= 0.3 is 0 Å². The summed E-state index contributed by atoms with van der Waals surface area (Å²) in [6, 6.07) is 8.28. The molecule has 0 saturated carbocycles. The van der Waals surface area contributed by atoms with Crippen LogP contribution in [-0.4, -0.2) is 50.2 Å². The third-order valence-corrected chi connectivity index (χ3v) is 5.42. The Kier molecular flexibility index (Phi) is 3.79. The number of fused-ring (bicyclic) bond motifs is 2. The minimum absolute atomic E-state index is 0.0570. The number of imidazole rings is 1. The second-order valence-corrected chi connectivity index (χ2v) is 8.42. The highest BCUT2D eigenvalue weighted by molar-refractivity contribution is 5.55. The molecular weight excluding hydrogens is 350 g/mol. The predicted octanol–water partition coefficient (Wildman–Crippen LogP) is 3.00. The molecule has 5 rings (SSSR count). The first kappa shape index (κ1) is 17.0. The minimum Gasteiger partial charge on any atom is -0.367 e. The molecule has 1 saturated heterocycles. The smallest absolute Gasteiger partial charge is 0.157 e. The van der Waals surface area contributed by atoms with E-state index in [2.05, 4.69) is 64.6 Å². The van der Waals surface area contributed by atoms with E-state index in [4.69, 9.17) is 9.97 Å². The highest BCUT2D eigenvalue weighted by atomic mass is 15.3. The topological polar surface area (TPSA) is 54.0 Å². The lowest BCUT2D eigenvalue weighted by molar-refractivity contribution is 0.573. The molecule has 0 aliphatic carbocycles. The molecule has 144 valence electrons. The standard InChI is InChI=1S/C21H25N7/c1-21(2,3)17-15-27-14-16(4-5-18(27)23-17)25-10-12-26(13-11-25)19-7-9-28-20(24-19)6-8-22-28/h4-9,14-15H,10-13H2,1-3H3. The molecule has 7 heteroatoms. The van der Waals surface area contributed by atoms with E-state index >= 15 is 0 Å². The van der Waals surface area contributed by atoms with Gasteiger partial charge in [0.05, 0.1) is 17.6 Å². The molecule has 1 aliphatic rings. The van der Waals surface area contributed by atoms with Crippen molar-refractivity contribution in [3.8, 4) is 0 Å². The van der Waals surface area contributed by atoms with Gasteiger partial charge in [0.25, 0.3) is 0 Å². The summed E-state index contributed by atoms with van der Waals surface area (Å²) in [5.41, 5.74) is 4.31. The second kappa shape index (κ2) is 6.22. The summed E-state index contributed by atoms with van der Waals surface area (Å²) in [5, 5.41) is 4.22. The number of aromatic nitrogens is 5. The molecule has 5 heterocycles. The van der Waals surface area contributed by atoms with Crippen molar-refractivity contribution in [3.05, 3.63) is 54.7 Å². The van der Waals surface area contributed by atoms with Gasteiger partial charge in [-0.3, -0.25) is 0 Å². The Bertz CT molecular complexity index is 1130. The molecule has 1 aliphatic heterocycles. The summed E-state index contributed by atoms with van der Waals surface area (Å²) in [6.45, 7) is 10.4.